The van der Waals surface area contributed by atoms with Crippen molar-refractivity contribution >= 4 is 47.6 Å². The molecule has 3 rings (SSSR count). The molecular weight excluding hydrogens is 490 g/mol. The van der Waals surface area contributed by atoms with Gasteiger partial charge < -0.3 is 20.2 Å². The molecule has 0 spiro atoms. The number of rotatable bonds is 11. The summed E-state index contributed by atoms with van der Waals surface area (Å²) < 4.78 is 16.9. The summed E-state index contributed by atoms with van der Waals surface area (Å²) in [7, 11) is -2.09. The van der Waals surface area contributed by atoms with Crippen molar-refractivity contribution in [1.29, 1.82) is 0 Å². The summed E-state index contributed by atoms with van der Waals surface area (Å²) in [5, 5.41) is 4.03. The van der Waals surface area contributed by atoms with E-state index in [1.165, 1.54) is 11.5 Å². The van der Waals surface area contributed by atoms with Crippen LogP contribution in [-0.4, -0.2) is 31.3 Å². The summed E-state index contributed by atoms with van der Waals surface area (Å²) in [5.74, 6) is 0.110. The van der Waals surface area contributed by atoms with Crippen molar-refractivity contribution in [2.45, 2.75) is 70.5 Å². The molecule has 1 unspecified atom stereocenters. The molecule has 0 radical (unpaired) electrons. The molecule has 0 fully saturated rings. The maximum atomic E-state index is 13.3. The second-order valence-corrected chi connectivity index (χ2v) is 16.3. The van der Waals surface area contributed by atoms with Crippen LogP contribution in [-0.2, 0) is 9.53 Å². The Morgan fingerprint density at radius 1 is 1.00 bits per heavy atom. The highest BCUT2D eigenvalue weighted by atomic mass is 32.1. The van der Waals surface area contributed by atoms with E-state index in [4.69, 9.17) is 14.9 Å². The summed E-state index contributed by atoms with van der Waals surface area (Å²) in [4.78, 5) is 24.4. The summed E-state index contributed by atoms with van der Waals surface area (Å²) in [6, 6.07) is 13.4. The van der Waals surface area contributed by atoms with Crippen molar-refractivity contribution in [1.82, 2.24) is 4.37 Å². The highest BCUT2D eigenvalue weighted by Crippen LogP contribution is 2.43. The van der Waals surface area contributed by atoms with Crippen molar-refractivity contribution < 1.29 is 18.8 Å². The van der Waals surface area contributed by atoms with Gasteiger partial charge >= 0.3 is 6.09 Å². The van der Waals surface area contributed by atoms with Gasteiger partial charge in [-0.15, -0.1) is 0 Å². The predicted molar refractivity (Wildman–Crippen MR) is 149 cm³/mol. The standard InChI is InChI=1S/C27H37N3O4SSi/c1-17(2)36(18(3)4,19(5)6)34-23-11-8-20(9-12-23)24(13-14-33-27(28)32)26(31)30-22-10-7-21-16-29-35-25(21)15-22/h7-12,15-19,24H,13-14H2,1-6H3,(H2,28,32)(H,30,31). The van der Waals surface area contributed by atoms with Gasteiger partial charge in [-0.05, 0) is 70.5 Å². The van der Waals surface area contributed by atoms with Crippen LogP contribution in [0.15, 0.2) is 48.7 Å². The van der Waals surface area contributed by atoms with Crippen molar-refractivity contribution in [2.75, 3.05) is 11.9 Å². The molecule has 3 aromatic rings. The van der Waals surface area contributed by atoms with Crippen LogP contribution in [0, 0.1) is 0 Å². The predicted octanol–water partition coefficient (Wildman–Crippen LogP) is 7.06. The first kappa shape index (κ1) is 27.7. The highest BCUT2D eigenvalue weighted by Gasteiger charge is 2.47. The average Bonchev–Trinajstić information content (AvgIpc) is 3.28. The topological polar surface area (TPSA) is 104 Å². The molecule has 2 amide bonds. The van der Waals surface area contributed by atoms with Gasteiger partial charge in [0.2, 0.25) is 5.91 Å². The van der Waals surface area contributed by atoms with E-state index in [0.29, 0.717) is 28.7 Å². The second kappa shape index (κ2) is 11.9. The number of amides is 2. The van der Waals surface area contributed by atoms with Crippen molar-refractivity contribution in [3.8, 4) is 5.75 Å². The Hall–Kier alpha value is -2.91. The normalized spacial score (nSPS) is 12.8. The lowest BCUT2D eigenvalue weighted by Gasteiger charge is -2.42. The van der Waals surface area contributed by atoms with E-state index in [0.717, 1.165) is 21.4 Å². The number of hydrogen-bond donors (Lipinski definition) is 2. The minimum atomic E-state index is -2.09. The molecule has 0 saturated carbocycles. The number of carbonyl (C=O) groups is 2. The van der Waals surface area contributed by atoms with Crippen LogP contribution >= 0.6 is 11.5 Å². The third kappa shape index (κ3) is 6.25. The molecule has 1 aromatic heterocycles. The fourth-order valence-corrected chi connectivity index (χ4v) is 11.2. The Balaban J connectivity index is 1.83. The van der Waals surface area contributed by atoms with Gasteiger partial charge in [0.1, 0.15) is 5.75 Å². The first-order chi connectivity index (χ1) is 17.0. The zero-order valence-corrected chi connectivity index (χ0v) is 23.7. The van der Waals surface area contributed by atoms with E-state index in [1.807, 2.05) is 42.5 Å². The minimum absolute atomic E-state index is 0.0453. The molecule has 1 atom stereocenters. The van der Waals surface area contributed by atoms with Crippen LogP contribution in [0.3, 0.4) is 0 Å². The molecule has 0 saturated heterocycles. The number of primary amides is 1. The van der Waals surface area contributed by atoms with E-state index in [2.05, 4.69) is 51.2 Å². The van der Waals surface area contributed by atoms with Crippen LogP contribution in [0.4, 0.5) is 10.5 Å². The van der Waals surface area contributed by atoms with Gasteiger partial charge in [0.05, 0.1) is 17.2 Å². The first-order valence-electron chi connectivity index (χ1n) is 12.4. The molecule has 1 heterocycles. The van der Waals surface area contributed by atoms with Crippen LogP contribution in [0.2, 0.25) is 16.6 Å². The zero-order chi connectivity index (χ0) is 26.5. The van der Waals surface area contributed by atoms with E-state index in [1.54, 1.807) is 6.20 Å². The molecule has 0 bridgehead atoms. The number of anilines is 1. The Kier molecular flexibility index (Phi) is 9.13. The summed E-state index contributed by atoms with van der Waals surface area (Å²) in [6.07, 6.45) is 1.25. The Labute approximate surface area is 218 Å². The molecular formula is C27H37N3O4SSi. The number of nitrogens with zero attached hydrogens (tertiary/aromatic N) is 1. The number of hydrogen-bond acceptors (Lipinski definition) is 6. The first-order valence-corrected chi connectivity index (χ1v) is 15.3. The van der Waals surface area contributed by atoms with Crippen molar-refractivity contribution in [3.05, 3.63) is 54.2 Å². The number of nitrogens with two attached hydrogens (primary N) is 1. The third-order valence-electron chi connectivity index (χ3n) is 6.88. The quantitative estimate of drug-likeness (QED) is 0.260. The summed E-state index contributed by atoms with van der Waals surface area (Å²) in [5.41, 5.74) is 8.01. The van der Waals surface area contributed by atoms with Crippen LogP contribution in [0.5, 0.6) is 5.75 Å². The largest absolute Gasteiger partial charge is 0.543 e. The number of benzene rings is 2. The van der Waals surface area contributed by atoms with E-state index < -0.39 is 20.3 Å². The van der Waals surface area contributed by atoms with Gasteiger partial charge in [0.25, 0.3) is 8.32 Å². The van der Waals surface area contributed by atoms with Gasteiger partial charge in [0, 0.05) is 17.3 Å². The molecule has 3 N–H and O–H groups in total. The fourth-order valence-electron chi connectivity index (χ4n) is 5.22. The molecule has 7 nitrogen and oxygen atoms in total. The Morgan fingerprint density at radius 2 is 1.64 bits per heavy atom. The van der Waals surface area contributed by atoms with Crippen molar-refractivity contribution in [3.63, 3.8) is 0 Å². The zero-order valence-electron chi connectivity index (χ0n) is 21.9. The Bertz CT molecular complexity index is 1160. The number of fused-ring (bicyclic) bond motifs is 1. The lowest BCUT2D eigenvalue weighted by molar-refractivity contribution is -0.118. The maximum Gasteiger partial charge on any atom is 0.404 e. The van der Waals surface area contributed by atoms with E-state index in [9.17, 15) is 9.59 Å². The Morgan fingerprint density at radius 3 is 2.22 bits per heavy atom. The third-order valence-corrected chi connectivity index (χ3v) is 13.6. The molecule has 194 valence electrons. The van der Waals surface area contributed by atoms with Gasteiger partial charge in [-0.3, -0.25) is 4.79 Å². The van der Waals surface area contributed by atoms with Crippen LogP contribution in [0.25, 0.3) is 10.1 Å². The summed E-state index contributed by atoms with van der Waals surface area (Å²) >= 11 is 1.38. The van der Waals surface area contributed by atoms with Crippen LogP contribution < -0.4 is 15.5 Å². The SMILES string of the molecule is CC(C)[Si](Oc1ccc(C(CCOC(N)=O)C(=O)Nc2ccc3cnsc3c2)cc1)(C(C)C)C(C)C. The van der Waals surface area contributed by atoms with Gasteiger partial charge in [-0.25, -0.2) is 4.79 Å². The minimum Gasteiger partial charge on any atom is -0.543 e. The van der Waals surface area contributed by atoms with Crippen LogP contribution in [0.1, 0.15) is 59.4 Å². The highest BCUT2D eigenvalue weighted by molar-refractivity contribution is 7.13. The van der Waals surface area contributed by atoms with Gasteiger partial charge in [-0.1, -0.05) is 53.7 Å². The number of aromatic nitrogens is 1. The van der Waals surface area contributed by atoms with Gasteiger partial charge in [0.15, 0.2) is 0 Å². The maximum absolute atomic E-state index is 13.3. The monoisotopic (exact) mass is 527 g/mol. The van der Waals surface area contributed by atoms with E-state index >= 15 is 0 Å². The lowest BCUT2D eigenvalue weighted by atomic mass is 9.95. The summed E-state index contributed by atoms with van der Waals surface area (Å²) in [6.45, 7) is 13.6. The van der Waals surface area contributed by atoms with Gasteiger partial charge in [-0.2, -0.15) is 4.37 Å². The molecule has 0 aliphatic carbocycles. The molecule has 9 heteroatoms. The molecule has 2 aromatic carbocycles. The average molecular weight is 528 g/mol. The van der Waals surface area contributed by atoms with E-state index in [-0.39, 0.29) is 12.5 Å². The number of carbonyl (C=O) groups excluding carboxylic acids is 2. The molecule has 0 aliphatic rings. The second-order valence-electron chi connectivity index (χ2n) is 10.1. The molecule has 0 aliphatic heterocycles. The fraction of sp³-hybridized carbons (Fsp3) is 0.444. The molecule has 36 heavy (non-hydrogen) atoms. The smallest absolute Gasteiger partial charge is 0.404 e. The number of ether oxygens (including phenoxy) is 1. The number of nitrogens with one attached hydrogen (secondary N) is 1. The lowest BCUT2D eigenvalue weighted by Crippen LogP contribution is -2.50. The van der Waals surface area contributed by atoms with Crippen molar-refractivity contribution in [2.24, 2.45) is 5.73 Å².